The Morgan fingerprint density at radius 1 is 1.50 bits per heavy atom. The van der Waals surface area contributed by atoms with Crippen molar-refractivity contribution in [2.45, 2.75) is 33.2 Å². The Balaban J connectivity index is 0. The van der Waals surface area contributed by atoms with Crippen molar-refractivity contribution < 1.29 is 10.2 Å². The van der Waals surface area contributed by atoms with E-state index in [1.807, 2.05) is 27.7 Å². The molecule has 0 fully saturated rings. The van der Waals surface area contributed by atoms with E-state index in [9.17, 15) is 5.21 Å². The summed E-state index contributed by atoms with van der Waals surface area (Å²) in [7, 11) is 0. The standard InChI is InChI=1S/C6H15N3O2.Na.H/c1-5-8(6(2,3)4)9(11)7-10;;/h10H,5H2,1-4H3;;. The van der Waals surface area contributed by atoms with E-state index in [-0.39, 0.29) is 40.1 Å². The van der Waals surface area contributed by atoms with Gasteiger partial charge in [0.15, 0.2) is 0 Å². The Labute approximate surface area is 94.9 Å². The van der Waals surface area contributed by atoms with Crippen LogP contribution in [0.2, 0.25) is 0 Å². The molecule has 1 N–H and O–H groups in total. The van der Waals surface area contributed by atoms with E-state index in [1.165, 1.54) is 5.01 Å². The molecule has 0 aliphatic heterocycles. The molecule has 0 aromatic rings. The third kappa shape index (κ3) is 4.13. The zero-order valence-corrected chi connectivity index (χ0v) is 7.40. The van der Waals surface area contributed by atoms with E-state index in [0.29, 0.717) is 6.54 Å². The Bertz CT molecular complexity index is 155. The SMILES string of the molecule is CCN([N+]([O-])=NO)C(C)(C)C.[NaH]. The first-order valence-electron chi connectivity index (χ1n) is 3.53. The maximum absolute atomic E-state index is 10.8. The molecule has 0 heterocycles. The van der Waals surface area contributed by atoms with Crippen molar-refractivity contribution in [2.24, 2.45) is 5.28 Å². The first kappa shape index (κ1) is 14.5. The molecule has 0 unspecified atom stereocenters. The molecule has 0 atom stereocenters. The molecule has 12 heavy (non-hydrogen) atoms. The number of rotatable bonds is 2. The van der Waals surface area contributed by atoms with E-state index in [1.54, 1.807) is 0 Å². The van der Waals surface area contributed by atoms with Gasteiger partial charge in [0.2, 0.25) is 5.28 Å². The molecule has 0 amide bonds. The van der Waals surface area contributed by atoms with Crippen LogP contribution in [0.15, 0.2) is 5.28 Å². The van der Waals surface area contributed by atoms with Crippen LogP contribution in [0, 0.1) is 5.21 Å². The Morgan fingerprint density at radius 2 is 1.92 bits per heavy atom. The first-order chi connectivity index (χ1) is 4.93. The van der Waals surface area contributed by atoms with Gasteiger partial charge in [-0.3, -0.25) is 0 Å². The summed E-state index contributed by atoms with van der Waals surface area (Å²) >= 11 is 0. The van der Waals surface area contributed by atoms with Gasteiger partial charge >= 0.3 is 29.6 Å². The fourth-order valence-electron chi connectivity index (χ4n) is 0.900. The van der Waals surface area contributed by atoms with Crippen LogP contribution in [0.1, 0.15) is 27.7 Å². The summed E-state index contributed by atoms with van der Waals surface area (Å²) in [6.45, 7) is 7.93. The van der Waals surface area contributed by atoms with E-state index in [2.05, 4.69) is 5.28 Å². The molecule has 0 saturated heterocycles. The van der Waals surface area contributed by atoms with Crippen LogP contribution in [0.3, 0.4) is 0 Å². The fraction of sp³-hybridized carbons (Fsp3) is 1.00. The van der Waals surface area contributed by atoms with Crippen LogP contribution >= 0.6 is 0 Å². The Kier molecular flexibility index (Phi) is 6.79. The Morgan fingerprint density at radius 3 is 2.00 bits per heavy atom. The molecular formula is C6H16N3NaO2. The van der Waals surface area contributed by atoms with Gasteiger partial charge in [0, 0.05) is 0 Å². The summed E-state index contributed by atoms with van der Waals surface area (Å²) in [4.78, 5) is 0.194. The van der Waals surface area contributed by atoms with Crippen LogP contribution in [0.4, 0.5) is 0 Å². The van der Waals surface area contributed by atoms with Gasteiger partial charge in [-0.05, 0) is 27.7 Å². The van der Waals surface area contributed by atoms with Gasteiger partial charge in [0.05, 0.1) is 17.1 Å². The van der Waals surface area contributed by atoms with E-state index >= 15 is 0 Å². The minimum absolute atomic E-state index is 0. The van der Waals surface area contributed by atoms with Crippen molar-refractivity contribution in [1.82, 2.24) is 5.01 Å². The molecule has 0 rings (SSSR count). The quantitative estimate of drug-likeness (QED) is 0.298. The second-order valence-electron chi connectivity index (χ2n) is 3.23. The monoisotopic (exact) mass is 185 g/mol. The number of nitrogens with zero attached hydrogens (tertiary/aromatic N) is 3. The molecule has 5 nitrogen and oxygen atoms in total. The average molecular weight is 185 g/mol. The summed E-state index contributed by atoms with van der Waals surface area (Å²) in [5.74, 6) is 0. The fourth-order valence-corrected chi connectivity index (χ4v) is 0.900. The molecule has 0 radical (unpaired) electrons. The van der Waals surface area contributed by atoms with E-state index < -0.39 is 0 Å². The van der Waals surface area contributed by atoms with Crippen LogP contribution in [0.25, 0.3) is 0 Å². The average Bonchev–Trinajstić information content (AvgIpc) is 1.86. The van der Waals surface area contributed by atoms with E-state index in [0.717, 1.165) is 0 Å². The molecule has 0 aliphatic carbocycles. The van der Waals surface area contributed by atoms with Crippen molar-refractivity contribution in [3.63, 3.8) is 0 Å². The summed E-state index contributed by atoms with van der Waals surface area (Å²) < 4.78 is 0. The first-order valence-corrected chi connectivity index (χ1v) is 3.53. The van der Waals surface area contributed by atoms with Crippen LogP contribution < -0.4 is 0 Å². The molecule has 0 aromatic heterocycles. The molecule has 0 saturated carbocycles. The summed E-state index contributed by atoms with van der Waals surface area (Å²) in [5, 5.41) is 22.9. The predicted octanol–water partition coefficient (Wildman–Crippen LogP) is 0.725. The topological polar surface area (TPSA) is 61.9 Å². The van der Waals surface area contributed by atoms with Crippen molar-refractivity contribution in [3.05, 3.63) is 5.21 Å². The van der Waals surface area contributed by atoms with Gasteiger partial charge < -0.3 is 10.4 Å². The summed E-state index contributed by atoms with van der Waals surface area (Å²) in [6, 6.07) is 0. The molecule has 6 heteroatoms. The van der Waals surface area contributed by atoms with Gasteiger partial charge in [-0.2, -0.15) is 0 Å². The minimum atomic E-state index is -0.317. The molecule has 68 valence electrons. The zero-order chi connectivity index (χ0) is 9.07. The number of hydrazine groups is 1. The third-order valence-electron chi connectivity index (χ3n) is 1.36. The zero-order valence-electron chi connectivity index (χ0n) is 7.40. The summed E-state index contributed by atoms with van der Waals surface area (Å²) in [6.07, 6.45) is 0. The second-order valence-corrected chi connectivity index (χ2v) is 3.23. The van der Waals surface area contributed by atoms with Gasteiger partial charge in [-0.25, -0.2) is 0 Å². The predicted molar refractivity (Wildman–Crippen MR) is 47.1 cm³/mol. The molecule has 0 aliphatic rings. The summed E-state index contributed by atoms with van der Waals surface area (Å²) in [5.41, 5.74) is -0.317. The van der Waals surface area contributed by atoms with Crippen molar-refractivity contribution in [1.29, 1.82) is 0 Å². The van der Waals surface area contributed by atoms with Gasteiger partial charge in [-0.15, -0.1) is 5.01 Å². The van der Waals surface area contributed by atoms with Crippen LogP contribution in [0.5, 0.6) is 0 Å². The molecule has 0 spiro atoms. The van der Waals surface area contributed by atoms with Gasteiger partial charge in [-0.1, -0.05) is 0 Å². The van der Waals surface area contributed by atoms with Crippen molar-refractivity contribution in [2.75, 3.05) is 6.54 Å². The number of hydrogen-bond donors (Lipinski definition) is 1. The molecular weight excluding hydrogens is 169 g/mol. The number of hydrogen-bond acceptors (Lipinski definition) is 2. The van der Waals surface area contributed by atoms with Gasteiger partial charge in [0.25, 0.3) is 0 Å². The normalized spacial score (nSPS) is 12.2. The second kappa shape index (κ2) is 5.61. The van der Waals surface area contributed by atoms with Crippen molar-refractivity contribution in [3.8, 4) is 0 Å². The van der Waals surface area contributed by atoms with Gasteiger partial charge in [0.1, 0.15) is 0 Å². The molecule has 0 bridgehead atoms. The maximum atomic E-state index is 10.8. The third-order valence-corrected chi connectivity index (χ3v) is 1.36. The van der Waals surface area contributed by atoms with E-state index in [4.69, 9.17) is 5.21 Å². The van der Waals surface area contributed by atoms with Crippen molar-refractivity contribution >= 4 is 29.6 Å². The molecule has 0 aromatic carbocycles. The van der Waals surface area contributed by atoms with Crippen LogP contribution in [-0.2, 0) is 0 Å². The van der Waals surface area contributed by atoms with Crippen LogP contribution in [-0.4, -0.2) is 56.8 Å². The Hall–Kier alpha value is 0.